The number of rotatable bonds is 9. The zero-order valence-electron chi connectivity index (χ0n) is 12.4. The Labute approximate surface area is 121 Å². The number of benzene rings is 1. The van der Waals surface area contributed by atoms with Crippen LogP contribution in [0, 0.1) is 5.92 Å². The molecule has 0 saturated carbocycles. The first-order valence-electron chi connectivity index (χ1n) is 6.93. The molecule has 1 aromatic carbocycles. The lowest BCUT2D eigenvalue weighted by atomic mass is 9.98. The van der Waals surface area contributed by atoms with Crippen LogP contribution in [-0.4, -0.2) is 33.0 Å². The predicted octanol–water partition coefficient (Wildman–Crippen LogP) is 2.22. The number of aryl methyl sites for hydroxylation is 1. The fraction of sp³-hybridized carbons (Fsp3) is 0.500. The minimum Gasteiger partial charge on any atom is -0.385 e. The molecule has 1 N–H and O–H groups in total. The van der Waals surface area contributed by atoms with Crippen molar-refractivity contribution in [3.8, 4) is 0 Å². The second-order valence-corrected chi connectivity index (χ2v) is 4.36. The van der Waals surface area contributed by atoms with Crippen molar-refractivity contribution in [3.63, 3.8) is 0 Å². The Kier molecular flexibility index (Phi) is 12.6. The summed E-state index contributed by atoms with van der Waals surface area (Å²) in [7, 11) is 1.68. The highest BCUT2D eigenvalue weighted by Gasteiger charge is 2.06. The Balaban J connectivity index is 0.000000796. The van der Waals surface area contributed by atoms with E-state index in [4.69, 9.17) is 0 Å². The molecule has 0 saturated heterocycles. The minimum absolute atomic E-state index is 0.0349. The molecule has 4 heteroatoms. The van der Waals surface area contributed by atoms with Crippen molar-refractivity contribution in [1.29, 1.82) is 0 Å². The fourth-order valence-electron chi connectivity index (χ4n) is 1.60. The molecule has 4 nitrogen and oxygen atoms in total. The van der Waals surface area contributed by atoms with E-state index in [0.717, 1.165) is 32.2 Å². The van der Waals surface area contributed by atoms with Crippen molar-refractivity contribution < 1.29 is 14.3 Å². The summed E-state index contributed by atoms with van der Waals surface area (Å²) in [4.78, 5) is 20.9. The molecule has 1 rings (SSSR count). The van der Waals surface area contributed by atoms with Gasteiger partial charge < -0.3 is 14.8 Å². The highest BCUT2D eigenvalue weighted by Crippen LogP contribution is 2.10. The standard InChI is InChI=1S/C13H17NO2.C3H8O/c15-10-13(8-9-14-11-16)7-6-12-4-2-1-3-5-12;1-3-4-2/h1-5,10-11,13H,6-9H2,(H,14,16);3H2,1-2H3. The van der Waals surface area contributed by atoms with Gasteiger partial charge in [0.2, 0.25) is 6.41 Å². The number of methoxy groups -OCH3 is 1. The molecule has 1 aromatic rings. The summed E-state index contributed by atoms with van der Waals surface area (Å²) in [5.41, 5.74) is 1.25. The SMILES string of the molecule is CCOC.O=CNCCC(C=O)CCc1ccccc1. The first-order valence-corrected chi connectivity index (χ1v) is 6.93. The van der Waals surface area contributed by atoms with E-state index in [1.165, 1.54) is 5.56 Å². The molecular weight excluding hydrogens is 254 g/mol. The highest BCUT2D eigenvalue weighted by molar-refractivity contribution is 5.53. The summed E-state index contributed by atoms with van der Waals surface area (Å²) >= 11 is 0. The van der Waals surface area contributed by atoms with E-state index in [0.29, 0.717) is 13.0 Å². The third-order valence-corrected chi connectivity index (χ3v) is 2.87. The van der Waals surface area contributed by atoms with Crippen LogP contribution in [0.5, 0.6) is 0 Å². The van der Waals surface area contributed by atoms with E-state index in [2.05, 4.69) is 22.2 Å². The summed E-state index contributed by atoms with van der Waals surface area (Å²) in [6.07, 6.45) is 4.11. The third-order valence-electron chi connectivity index (χ3n) is 2.87. The summed E-state index contributed by atoms with van der Waals surface area (Å²) in [5, 5.41) is 2.57. The number of carbonyl (C=O) groups excluding carboxylic acids is 2. The molecular formula is C16H25NO3. The second kappa shape index (κ2) is 13.7. The first kappa shape index (κ1) is 18.3. The smallest absolute Gasteiger partial charge is 0.207 e. The number of hydrogen-bond acceptors (Lipinski definition) is 3. The van der Waals surface area contributed by atoms with Gasteiger partial charge in [-0.2, -0.15) is 0 Å². The van der Waals surface area contributed by atoms with Crippen LogP contribution in [0.25, 0.3) is 0 Å². The van der Waals surface area contributed by atoms with Gasteiger partial charge in [-0.1, -0.05) is 30.3 Å². The van der Waals surface area contributed by atoms with Crippen LogP contribution in [0.1, 0.15) is 25.3 Å². The number of amides is 1. The molecule has 0 fully saturated rings. The van der Waals surface area contributed by atoms with Gasteiger partial charge in [-0.25, -0.2) is 0 Å². The van der Waals surface area contributed by atoms with Gasteiger partial charge in [-0.15, -0.1) is 0 Å². The van der Waals surface area contributed by atoms with E-state index in [1.807, 2.05) is 25.1 Å². The van der Waals surface area contributed by atoms with Crippen LogP contribution in [0.15, 0.2) is 30.3 Å². The normalized spacial score (nSPS) is 10.9. The largest absolute Gasteiger partial charge is 0.385 e. The van der Waals surface area contributed by atoms with Crippen LogP contribution in [0.3, 0.4) is 0 Å². The molecule has 112 valence electrons. The monoisotopic (exact) mass is 279 g/mol. The fourth-order valence-corrected chi connectivity index (χ4v) is 1.60. The molecule has 1 amide bonds. The third kappa shape index (κ3) is 10.3. The van der Waals surface area contributed by atoms with Crippen LogP contribution >= 0.6 is 0 Å². The maximum atomic E-state index is 10.8. The van der Waals surface area contributed by atoms with Gasteiger partial charge in [0.1, 0.15) is 6.29 Å². The van der Waals surface area contributed by atoms with Gasteiger partial charge in [0.15, 0.2) is 0 Å². The number of ether oxygens (including phenoxy) is 1. The average molecular weight is 279 g/mol. The zero-order valence-corrected chi connectivity index (χ0v) is 12.4. The first-order chi connectivity index (χ1) is 9.78. The van der Waals surface area contributed by atoms with Crippen LogP contribution in [0.2, 0.25) is 0 Å². The van der Waals surface area contributed by atoms with Crippen LogP contribution in [0.4, 0.5) is 0 Å². The zero-order chi connectivity index (χ0) is 15.1. The van der Waals surface area contributed by atoms with Crippen molar-refractivity contribution in [2.24, 2.45) is 5.92 Å². The Bertz CT molecular complexity index is 339. The Morgan fingerprint density at radius 3 is 2.35 bits per heavy atom. The molecule has 0 radical (unpaired) electrons. The predicted molar refractivity (Wildman–Crippen MR) is 80.6 cm³/mol. The number of nitrogens with one attached hydrogen (secondary N) is 1. The highest BCUT2D eigenvalue weighted by atomic mass is 16.5. The number of hydrogen-bond donors (Lipinski definition) is 1. The Hall–Kier alpha value is -1.68. The molecule has 0 aromatic heterocycles. The molecule has 1 unspecified atom stereocenters. The Morgan fingerprint density at radius 1 is 1.20 bits per heavy atom. The molecule has 0 bridgehead atoms. The van der Waals surface area contributed by atoms with Crippen LogP contribution in [-0.2, 0) is 20.7 Å². The van der Waals surface area contributed by atoms with E-state index < -0.39 is 0 Å². The van der Waals surface area contributed by atoms with Crippen molar-refractivity contribution in [2.45, 2.75) is 26.2 Å². The maximum absolute atomic E-state index is 10.8. The molecule has 20 heavy (non-hydrogen) atoms. The minimum atomic E-state index is 0.0349. The lowest BCUT2D eigenvalue weighted by Gasteiger charge is -2.09. The summed E-state index contributed by atoms with van der Waals surface area (Å²) in [5.74, 6) is 0.0349. The number of aldehydes is 1. The lowest BCUT2D eigenvalue weighted by Crippen LogP contribution is -2.17. The second-order valence-electron chi connectivity index (χ2n) is 4.36. The summed E-state index contributed by atoms with van der Waals surface area (Å²) < 4.78 is 4.54. The van der Waals surface area contributed by atoms with E-state index in [9.17, 15) is 9.59 Å². The molecule has 0 heterocycles. The maximum Gasteiger partial charge on any atom is 0.207 e. The van der Waals surface area contributed by atoms with Gasteiger partial charge in [0.25, 0.3) is 0 Å². The van der Waals surface area contributed by atoms with Gasteiger partial charge in [-0.3, -0.25) is 4.79 Å². The Morgan fingerprint density at radius 2 is 1.85 bits per heavy atom. The van der Waals surface area contributed by atoms with E-state index in [-0.39, 0.29) is 5.92 Å². The van der Waals surface area contributed by atoms with Gasteiger partial charge in [0, 0.05) is 26.2 Å². The van der Waals surface area contributed by atoms with Crippen molar-refractivity contribution in [2.75, 3.05) is 20.3 Å². The summed E-state index contributed by atoms with van der Waals surface area (Å²) in [6, 6.07) is 10.1. The lowest BCUT2D eigenvalue weighted by molar-refractivity contribution is -0.112. The molecule has 0 aliphatic heterocycles. The summed E-state index contributed by atoms with van der Waals surface area (Å²) in [6.45, 7) is 3.35. The van der Waals surface area contributed by atoms with Gasteiger partial charge in [0.05, 0.1) is 0 Å². The average Bonchev–Trinajstić information content (AvgIpc) is 2.52. The van der Waals surface area contributed by atoms with Crippen molar-refractivity contribution >= 4 is 12.7 Å². The van der Waals surface area contributed by atoms with Gasteiger partial charge >= 0.3 is 0 Å². The van der Waals surface area contributed by atoms with Gasteiger partial charge in [-0.05, 0) is 31.7 Å². The quantitative estimate of drug-likeness (QED) is 0.557. The molecule has 0 aliphatic rings. The molecule has 0 aliphatic carbocycles. The topological polar surface area (TPSA) is 55.4 Å². The van der Waals surface area contributed by atoms with Crippen LogP contribution < -0.4 is 5.32 Å². The van der Waals surface area contributed by atoms with Crippen molar-refractivity contribution in [1.82, 2.24) is 5.32 Å². The van der Waals surface area contributed by atoms with Crippen molar-refractivity contribution in [3.05, 3.63) is 35.9 Å². The van der Waals surface area contributed by atoms with E-state index >= 15 is 0 Å². The molecule has 0 spiro atoms. The van der Waals surface area contributed by atoms with E-state index in [1.54, 1.807) is 7.11 Å². The molecule has 1 atom stereocenters. The number of carbonyl (C=O) groups is 2.